The van der Waals surface area contributed by atoms with Crippen LogP contribution in [-0.2, 0) is 6.54 Å². The highest BCUT2D eigenvalue weighted by atomic mass is 16.2. The average molecular weight is 456 g/mol. The second kappa shape index (κ2) is 10.0. The Morgan fingerprint density at radius 1 is 1.18 bits per heavy atom. The number of nitriles is 1. The molecule has 8 heteroatoms. The van der Waals surface area contributed by atoms with Crippen molar-refractivity contribution in [3.05, 3.63) is 54.5 Å². The van der Waals surface area contributed by atoms with E-state index in [0.717, 1.165) is 55.7 Å². The number of rotatable bonds is 7. The van der Waals surface area contributed by atoms with Gasteiger partial charge in [0.15, 0.2) is 0 Å². The van der Waals surface area contributed by atoms with E-state index in [9.17, 15) is 10.1 Å². The van der Waals surface area contributed by atoms with Gasteiger partial charge in [0.25, 0.3) is 5.91 Å². The van der Waals surface area contributed by atoms with Gasteiger partial charge in [0.05, 0.1) is 30.4 Å². The Morgan fingerprint density at radius 3 is 2.79 bits per heavy atom. The molecule has 8 nitrogen and oxygen atoms in total. The summed E-state index contributed by atoms with van der Waals surface area (Å²) in [6, 6.07) is 11.8. The van der Waals surface area contributed by atoms with Crippen LogP contribution in [0.3, 0.4) is 0 Å². The van der Waals surface area contributed by atoms with E-state index < -0.39 is 0 Å². The first-order valence-corrected chi connectivity index (χ1v) is 12.1. The summed E-state index contributed by atoms with van der Waals surface area (Å²) in [7, 11) is 0. The maximum atomic E-state index is 12.7. The summed E-state index contributed by atoms with van der Waals surface area (Å²) >= 11 is 0. The Morgan fingerprint density at radius 2 is 2.00 bits per heavy atom. The topological polar surface area (TPSA) is 99.7 Å². The van der Waals surface area contributed by atoms with Crippen LogP contribution >= 0.6 is 0 Å². The molecule has 2 aliphatic rings. The first-order valence-electron chi connectivity index (χ1n) is 12.1. The van der Waals surface area contributed by atoms with Crippen molar-refractivity contribution in [2.45, 2.75) is 45.1 Å². The number of nitrogens with zero attached hydrogens (tertiary/aromatic N) is 6. The zero-order valence-electron chi connectivity index (χ0n) is 19.2. The minimum atomic E-state index is -0.00609. The lowest BCUT2D eigenvalue weighted by atomic mass is 9.92. The molecule has 3 aromatic rings. The van der Waals surface area contributed by atoms with Gasteiger partial charge in [-0.15, -0.1) is 0 Å². The Labute approximate surface area is 199 Å². The SMILES string of the molecule is N#CC(Cn1cc(-c2ccnc(Nc3cccc(C(=O)N4CCCC4)c3)n2)cn1)C1CCCC1. The third-order valence-corrected chi connectivity index (χ3v) is 6.86. The lowest BCUT2D eigenvalue weighted by molar-refractivity contribution is 0.0793. The molecule has 174 valence electrons. The Kier molecular flexibility index (Phi) is 6.52. The summed E-state index contributed by atoms with van der Waals surface area (Å²) in [4.78, 5) is 23.6. The van der Waals surface area contributed by atoms with Gasteiger partial charge in [-0.3, -0.25) is 9.48 Å². The monoisotopic (exact) mass is 455 g/mol. The Hall–Kier alpha value is -3.73. The summed E-state index contributed by atoms with van der Waals surface area (Å²) in [5.74, 6) is 0.988. The molecule has 2 aromatic heterocycles. The molecule has 1 saturated carbocycles. The maximum absolute atomic E-state index is 12.7. The second-order valence-corrected chi connectivity index (χ2v) is 9.20. The summed E-state index contributed by atoms with van der Waals surface area (Å²) in [6.07, 6.45) is 12.3. The number of anilines is 2. The van der Waals surface area contributed by atoms with E-state index in [1.165, 1.54) is 12.8 Å². The normalized spacial score (nSPS) is 17.0. The average Bonchev–Trinajstić information content (AvgIpc) is 3.65. The molecule has 2 fully saturated rings. The van der Waals surface area contributed by atoms with Crippen molar-refractivity contribution in [3.63, 3.8) is 0 Å². The molecule has 0 radical (unpaired) electrons. The molecule has 1 aromatic carbocycles. The fourth-order valence-corrected chi connectivity index (χ4v) is 4.99. The third-order valence-electron chi connectivity index (χ3n) is 6.86. The minimum absolute atomic E-state index is 0.00609. The van der Waals surface area contributed by atoms with Gasteiger partial charge in [0.2, 0.25) is 5.95 Å². The summed E-state index contributed by atoms with van der Waals surface area (Å²) in [5.41, 5.74) is 3.07. The van der Waals surface area contributed by atoms with Crippen LogP contribution in [0.15, 0.2) is 48.9 Å². The van der Waals surface area contributed by atoms with E-state index in [2.05, 4.69) is 26.5 Å². The van der Waals surface area contributed by atoms with E-state index in [1.54, 1.807) is 12.4 Å². The van der Waals surface area contributed by atoms with E-state index >= 15 is 0 Å². The number of nitrogens with one attached hydrogen (secondary N) is 1. The van der Waals surface area contributed by atoms with Gasteiger partial charge in [-0.05, 0) is 55.9 Å². The largest absolute Gasteiger partial charge is 0.339 e. The minimum Gasteiger partial charge on any atom is -0.339 e. The summed E-state index contributed by atoms with van der Waals surface area (Å²) in [5, 5.41) is 17.3. The van der Waals surface area contributed by atoms with E-state index in [0.29, 0.717) is 24.0 Å². The molecule has 5 rings (SSSR count). The number of amides is 1. The van der Waals surface area contributed by atoms with Gasteiger partial charge in [-0.2, -0.15) is 10.4 Å². The molecule has 0 spiro atoms. The predicted octanol–water partition coefficient (Wildman–Crippen LogP) is 4.65. The number of hydrogen-bond acceptors (Lipinski definition) is 6. The van der Waals surface area contributed by atoms with Crippen molar-refractivity contribution in [2.75, 3.05) is 18.4 Å². The van der Waals surface area contributed by atoms with Gasteiger partial charge in [0, 0.05) is 42.3 Å². The quantitative estimate of drug-likeness (QED) is 0.557. The Balaban J connectivity index is 1.28. The van der Waals surface area contributed by atoms with Gasteiger partial charge < -0.3 is 10.2 Å². The number of benzene rings is 1. The highest BCUT2D eigenvalue weighted by Crippen LogP contribution is 2.32. The highest BCUT2D eigenvalue weighted by molar-refractivity contribution is 5.95. The molecule has 1 aliphatic carbocycles. The number of aromatic nitrogens is 4. The van der Waals surface area contributed by atoms with Crippen LogP contribution in [0.1, 0.15) is 48.9 Å². The number of carbonyl (C=O) groups is 1. The molecule has 1 atom stereocenters. The first-order chi connectivity index (χ1) is 16.7. The molecule has 1 saturated heterocycles. The molecular formula is C26H29N7O. The maximum Gasteiger partial charge on any atom is 0.253 e. The van der Waals surface area contributed by atoms with Crippen molar-refractivity contribution in [1.82, 2.24) is 24.6 Å². The Bertz CT molecular complexity index is 1190. The first kappa shape index (κ1) is 22.1. The summed E-state index contributed by atoms with van der Waals surface area (Å²) < 4.78 is 1.85. The summed E-state index contributed by atoms with van der Waals surface area (Å²) in [6.45, 7) is 2.26. The van der Waals surface area contributed by atoms with Gasteiger partial charge >= 0.3 is 0 Å². The third kappa shape index (κ3) is 4.93. The van der Waals surface area contributed by atoms with Crippen LogP contribution in [0.5, 0.6) is 0 Å². The van der Waals surface area contributed by atoms with Crippen LogP contribution in [0.2, 0.25) is 0 Å². The van der Waals surface area contributed by atoms with Crippen LogP contribution < -0.4 is 5.32 Å². The zero-order valence-corrected chi connectivity index (χ0v) is 19.2. The number of carbonyl (C=O) groups excluding carboxylic acids is 1. The lowest BCUT2D eigenvalue weighted by Crippen LogP contribution is -2.27. The van der Waals surface area contributed by atoms with E-state index in [-0.39, 0.29) is 11.8 Å². The standard InChI is InChI=1S/C26H29N7O/c27-15-21(19-6-1-2-7-19)17-33-18-22(16-29-33)24-10-11-28-26(31-24)30-23-9-5-8-20(14-23)25(34)32-12-3-4-13-32/h5,8-11,14,16,18-19,21H,1-4,6-7,12-13,17H2,(H,28,30,31). The predicted molar refractivity (Wildman–Crippen MR) is 129 cm³/mol. The van der Waals surface area contributed by atoms with Gasteiger partial charge in [-0.25, -0.2) is 9.97 Å². The van der Waals surface area contributed by atoms with E-state index in [1.807, 2.05) is 46.1 Å². The van der Waals surface area contributed by atoms with Crippen LogP contribution in [0.4, 0.5) is 11.6 Å². The second-order valence-electron chi connectivity index (χ2n) is 9.20. The molecule has 1 unspecified atom stereocenters. The van der Waals surface area contributed by atoms with Gasteiger partial charge in [-0.1, -0.05) is 18.9 Å². The zero-order chi connectivity index (χ0) is 23.3. The fourth-order valence-electron chi connectivity index (χ4n) is 4.99. The van der Waals surface area contributed by atoms with E-state index in [4.69, 9.17) is 0 Å². The molecular weight excluding hydrogens is 426 g/mol. The molecule has 1 amide bonds. The van der Waals surface area contributed by atoms with Crippen LogP contribution in [0, 0.1) is 23.2 Å². The molecule has 1 N–H and O–H groups in total. The fraction of sp³-hybridized carbons (Fsp3) is 0.423. The highest BCUT2D eigenvalue weighted by Gasteiger charge is 2.25. The van der Waals surface area contributed by atoms with Crippen molar-refractivity contribution in [3.8, 4) is 17.3 Å². The molecule has 3 heterocycles. The lowest BCUT2D eigenvalue weighted by Gasteiger charge is -2.16. The molecule has 34 heavy (non-hydrogen) atoms. The molecule has 1 aliphatic heterocycles. The van der Waals surface area contributed by atoms with Crippen molar-refractivity contribution >= 4 is 17.5 Å². The van der Waals surface area contributed by atoms with Gasteiger partial charge in [0.1, 0.15) is 0 Å². The molecule has 0 bridgehead atoms. The van der Waals surface area contributed by atoms with Crippen molar-refractivity contribution in [1.29, 1.82) is 5.26 Å². The van der Waals surface area contributed by atoms with Crippen LogP contribution in [0.25, 0.3) is 11.3 Å². The van der Waals surface area contributed by atoms with Crippen LogP contribution in [-0.4, -0.2) is 43.6 Å². The van der Waals surface area contributed by atoms with Crippen molar-refractivity contribution in [2.24, 2.45) is 11.8 Å². The smallest absolute Gasteiger partial charge is 0.253 e. The number of likely N-dealkylation sites (tertiary alicyclic amines) is 1. The van der Waals surface area contributed by atoms with Crippen molar-refractivity contribution < 1.29 is 4.79 Å². The number of hydrogen-bond donors (Lipinski definition) is 1.